The van der Waals surface area contributed by atoms with Gasteiger partial charge in [-0.3, -0.25) is 4.79 Å². The van der Waals surface area contributed by atoms with Crippen LogP contribution < -0.4 is 0 Å². The maximum absolute atomic E-state index is 11.9. The van der Waals surface area contributed by atoms with E-state index < -0.39 is 0 Å². The molecule has 0 amide bonds. The van der Waals surface area contributed by atoms with Crippen molar-refractivity contribution in [2.45, 2.75) is 37.7 Å². The molecule has 0 atom stereocenters. The average molecular weight is 230 g/mol. The first-order valence-corrected chi connectivity index (χ1v) is 6.50. The number of benzene rings is 1. The summed E-state index contributed by atoms with van der Waals surface area (Å²) in [6.07, 6.45) is 6.06. The van der Waals surface area contributed by atoms with Crippen LogP contribution in [0.5, 0.6) is 0 Å². The summed E-state index contributed by atoms with van der Waals surface area (Å²) in [4.78, 5) is 11.9. The van der Waals surface area contributed by atoms with Gasteiger partial charge in [-0.1, -0.05) is 30.3 Å². The Morgan fingerprint density at radius 1 is 1.24 bits per heavy atom. The standard InChI is InChI=1S/C15H18O2/c16-14(13-4-2-1-3-5-13)11-17-15-8-6-12(10-15)7-9-15/h1-5,12H,6-11H2. The van der Waals surface area contributed by atoms with Gasteiger partial charge in [-0.25, -0.2) is 0 Å². The molecule has 0 aromatic heterocycles. The summed E-state index contributed by atoms with van der Waals surface area (Å²) in [5, 5.41) is 0. The van der Waals surface area contributed by atoms with Crippen LogP contribution in [0.1, 0.15) is 42.5 Å². The zero-order valence-corrected chi connectivity index (χ0v) is 10.0. The van der Waals surface area contributed by atoms with Crippen molar-refractivity contribution in [1.29, 1.82) is 0 Å². The van der Waals surface area contributed by atoms with E-state index in [1.807, 2.05) is 30.3 Å². The number of carbonyl (C=O) groups is 1. The van der Waals surface area contributed by atoms with Crippen LogP contribution in [0.4, 0.5) is 0 Å². The molecule has 0 radical (unpaired) electrons. The van der Waals surface area contributed by atoms with Crippen LogP contribution in [0.25, 0.3) is 0 Å². The first-order chi connectivity index (χ1) is 8.27. The molecule has 17 heavy (non-hydrogen) atoms. The Kier molecular flexibility index (Phi) is 2.75. The number of hydrogen-bond acceptors (Lipinski definition) is 2. The predicted molar refractivity (Wildman–Crippen MR) is 66.0 cm³/mol. The van der Waals surface area contributed by atoms with Gasteiger partial charge in [0.25, 0.3) is 0 Å². The highest BCUT2D eigenvalue weighted by atomic mass is 16.5. The van der Waals surface area contributed by atoms with E-state index in [4.69, 9.17) is 4.74 Å². The van der Waals surface area contributed by atoms with E-state index in [0.29, 0.717) is 0 Å². The fourth-order valence-electron chi connectivity index (χ4n) is 3.27. The Balaban J connectivity index is 1.60. The minimum atomic E-state index is 0.0507. The summed E-state index contributed by atoms with van der Waals surface area (Å²) in [6, 6.07) is 9.43. The van der Waals surface area contributed by atoms with E-state index in [0.717, 1.165) is 24.3 Å². The van der Waals surface area contributed by atoms with Crippen molar-refractivity contribution in [3.63, 3.8) is 0 Å². The molecule has 2 heteroatoms. The lowest BCUT2D eigenvalue weighted by atomic mass is 9.97. The van der Waals surface area contributed by atoms with Gasteiger partial charge in [0.2, 0.25) is 0 Å². The number of ketones is 1. The second kappa shape index (κ2) is 4.26. The Bertz CT molecular complexity index is 402. The van der Waals surface area contributed by atoms with Crippen molar-refractivity contribution in [1.82, 2.24) is 0 Å². The van der Waals surface area contributed by atoms with Gasteiger partial charge in [0.15, 0.2) is 5.78 Å². The van der Waals surface area contributed by atoms with E-state index in [9.17, 15) is 4.79 Å². The molecule has 1 aromatic rings. The van der Waals surface area contributed by atoms with Crippen molar-refractivity contribution in [2.75, 3.05) is 6.61 Å². The van der Waals surface area contributed by atoms with Gasteiger partial charge in [0.1, 0.15) is 6.61 Å². The van der Waals surface area contributed by atoms with Gasteiger partial charge in [0.05, 0.1) is 5.60 Å². The van der Waals surface area contributed by atoms with E-state index in [2.05, 4.69) is 0 Å². The summed E-state index contributed by atoms with van der Waals surface area (Å²) in [7, 11) is 0. The lowest BCUT2D eigenvalue weighted by Crippen LogP contribution is -2.29. The van der Waals surface area contributed by atoms with E-state index in [-0.39, 0.29) is 18.0 Å². The van der Waals surface area contributed by atoms with Gasteiger partial charge in [0, 0.05) is 5.56 Å². The largest absolute Gasteiger partial charge is 0.367 e. The van der Waals surface area contributed by atoms with E-state index in [1.54, 1.807) is 0 Å². The highest BCUT2D eigenvalue weighted by Gasteiger charge is 2.45. The first-order valence-electron chi connectivity index (χ1n) is 6.50. The molecule has 2 nitrogen and oxygen atoms in total. The van der Waals surface area contributed by atoms with Gasteiger partial charge in [-0.2, -0.15) is 0 Å². The summed E-state index contributed by atoms with van der Waals surface area (Å²) >= 11 is 0. The van der Waals surface area contributed by atoms with Gasteiger partial charge >= 0.3 is 0 Å². The second-order valence-electron chi connectivity index (χ2n) is 5.41. The molecule has 2 fully saturated rings. The van der Waals surface area contributed by atoms with Crippen molar-refractivity contribution >= 4 is 5.78 Å². The SMILES string of the molecule is O=C(COC12CCC(CC1)C2)c1ccccc1. The molecule has 3 rings (SSSR count). The molecule has 2 aliphatic rings. The molecule has 90 valence electrons. The lowest BCUT2D eigenvalue weighted by molar-refractivity contribution is -0.0283. The molecule has 0 N–H and O–H groups in total. The summed E-state index contributed by atoms with van der Waals surface area (Å²) in [6.45, 7) is 0.247. The zero-order valence-electron chi connectivity index (χ0n) is 10.0. The Hall–Kier alpha value is -1.15. The molecule has 2 saturated carbocycles. The number of carbonyl (C=O) groups excluding carboxylic acids is 1. The highest BCUT2D eigenvalue weighted by Crippen LogP contribution is 2.49. The van der Waals surface area contributed by atoms with Crippen LogP contribution in [0.2, 0.25) is 0 Å². The van der Waals surface area contributed by atoms with Crippen LogP contribution in [-0.4, -0.2) is 18.0 Å². The molecule has 0 unspecified atom stereocenters. The summed E-state index contributed by atoms with van der Waals surface area (Å²) in [5.74, 6) is 0.970. The summed E-state index contributed by atoms with van der Waals surface area (Å²) < 4.78 is 5.95. The van der Waals surface area contributed by atoms with Crippen molar-refractivity contribution in [3.8, 4) is 0 Å². The fourth-order valence-corrected chi connectivity index (χ4v) is 3.27. The number of rotatable bonds is 4. The van der Waals surface area contributed by atoms with Crippen LogP contribution in [0.15, 0.2) is 30.3 Å². The van der Waals surface area contributed by atoms with Crippen molar-refractivity contribution < 1.29 is 9.53 Å². The minimum absolute atomic E-state index is 0.0507. The molecule has 2 bridgehead atoms. The Morgan fingerprint density at radius 3 is 2.53 bits per heavy atom. The van der Waals surface area contributed by atoms with Gasteiger partial charge in [-0.15, -0.1) is 0 Å². The number of fused-ring (bicyclic) bond motifs is 2. The molecule has 0 saturated heterocycles. The Morgan fingerprint density at radius 2 is 1.94 bits per heavy atom. The number of Topliss-reactive ketones (excluding diaryl/α,β-unsaturated/α-hetero) is 1. The fraction of sp³-hybridized carbons (Fsp3) is 0.533. The van der Waals surface area contributed by atoms with Crippen molar-refractivity contribution in [2.24, 2.45) is 5.92 Å². The summed E-state index contributed by atoms with van der Waals surface area (Å²) in [5.41, 5.74) is 0.811. The third-order valence-corrected chi connectivity index (χ3v) is 4.28. The maximum Gasteiger partial charge on any atom is 0.188 e. The third kappa shape index (κ3) is 2.14. The average Bonchev–Trinajstić information content (AvgIpc) is 2.98. The molecule has 0 spiro atoms. The molecular formula is C15H18O2. The molecule has 0 heterocycles. The topological polar surface area (TPSA) is 26.3 Å². The van der Waals surface area contributed by atoms with Crippen LogP contribution >= 0.6 is 0 Å². The van der Waals surface area contributed by atoms with Crippen molar-refractivity contribution in [3.05, 3.63) is 35.9 Å². The number of hydrogen-bond donors (Lipinski definition) is 0. The Labute approximate surface area is 102 Å². The smallest absolute Gasteiger partial charge is 0.188 e. The molecule has 1 aromatic carbocycles. The van der Waals surface area contributed by atoms with Crippen LogP contribution in [-0.2, 0) is 4.74 Å². The number of ether oxygens (including phenoxy) is 1. The van der Waals surface area contributed by atoms with Crippen LogP contribution in [0.3, 0.4) is 0 Å². The quantitative estimate of drug-likeness (QED) is 0.742. The van der Waals surface area contributed by atoms with E-state index in [1.165, 1.54) is 19.3 Å². The second-order valence-corrected chi connectivity index (χ2v) is 5.41. The first kappa shape index (κ1) is 11.0. The molecule has 2 aliphatic carbocycles. The maximum atomic E-state index is 11.9. The normalized spacial score (nSPS) is 30.7. The highest BCUT2D eigenvalue weighted by molar-refractivity contribution is 5.97. The monoisotopic (exact) mass is 230 g/mol. The predicted octanol–water partition coefficient (Wildman–Crippen LogP) is 3.22. The van der Waals surface area contributed by atoms with E-state index >= 15 is 0 Å². The molecular weight excluding hydrogens is 212 g/mol. The third-order valence-electron chi connectivity index (χ3n) is 4.28. The molecule has 0 aliphatic heterocycles. The zero-order chi connectivity index (χ0) is 11.7. The van der Waals surface area contributed by atoms with Gasteiger partial charge in [-0.05, 0) is 38.0 Å². The van der Waals surface area contributed by atoms with Gasteiger partial charge < -0.3 is 4.74 Å². The van der Waals surface area contributed by atoms with Crippen LogP contribution in [0, 0.1) is 5.92 Å². The lowest BCUT2D eigenvalue weighted by Gasteiger charge is -2.26. The minimum Gasteiger partial charge on any atom is -0.367 e.